The Kier molecular flexibility index (Phi) is 15.4. The van der Waals surface area contributed by atoms with E-state index in [2.05, 4.69) is 93.7 Å². The van der Waals surface area contributed by atoms with Crippen molar-refractivity contribution in [2.24, 2.45) is 0 Å². The number of aliphatic hydroxyl groups is 2. The van der Waals surface area contributed by atoms with E-state index in [0.717, 1.165) is 53.0 Å². The summed E-state index contributed by atoms with van der Waals surface area (Å²) in [4.78, 5) is 18.0. The number of phenolic OH excluding ortho intramolecular Hbond substituents is 2. The van der Waals surface area contributed by atoms with Gasteiger partial charge in [0.15, 0.2) is 12.4 Å². The number of aromatic hydroxyl groups is 2. The van der Waals surface area contributed by atoms with E-state index in [9.17, 15) is 25.2 Å². The highest BCUT2D eigenvalue weighted by molar-refractivity contribution is 5.97. The fourth-order valence-electron chi connectivity index (χ4n) is 7.42. The highest BCUT2D eigenvalue weighted by atomic mass is 16.5. The number of anilines is 3. The second kappa shape index (κ2) is 20.9. The van der Waals surface area contributed by atoms with Gasteiger partial charge < -0.3 is 60.6 Å². The molecule has 2 heterocycles. The molecule has 14 heteroatoms. The van der Waals surface area contributed by atoms with Crippen LogP contribution in [0.1, 0.15) is 68.6 Å². The number of benzene rings is 5. The Balaban J connectivity index is 0.000000216. The highest BCUT2D eigenvalue weighted by Gasteiger charge is 2.27. The van der Waals surface area contributed by atoms with Gasteiger partial charge in [-0.05, 0) is 118 Å². The van der Waals surface area contributed by atoms with Crippen LogP contribution in [0.15, 0.2) is 109 Å². The van der Waals surface area contributed by atoms with Gasteiger partial charge in [0.05, 0.1) is 42.4 Å². The molecule has 0 saturated carbocycles. The van der Waals surface area contributed by atoms with E-state index in [1.807, 2.05) is 62.9 Å². The zero-order valence-electron chi connectivity index (χ0n) is 37.9. The SMILES string of the molecule is CN(C)c1ccc(CC(C)(C)NCC(O)c2ccc(O)c3c2OCC(=O)N3)cc1.COc1ccc(CNc2cc(C(O)CNC(C)(C)CCn3cnc4ccccc43)ccc2O)cc1. The minimum atomic E-state index is -0.852. The number of nitrogens with one attached hydrogen (secondary N) is 4. The van der Waals surface area contributed by atoms with E-state index in [0.29, 0.717) is 36.6 Å². The molecule has 1 aromatic heterocycles. The summed E-state index contributed by atoms with van der Waals surface area (Å²) < 4.78 is 12.8. The zero-order valence-corrected chi connectivity index (χ0v) is 37.9. The minimum absolute atomic E-state index is 0.0848. The Morgan fingerprint density at radius 1 is 0.844 bits per heavy atom. The maximum Gasteiger partial charge on any atom is 0.262 e. The highest BCUT2D eigenvalue weighted by Crippen LogP contribution is 2.41. The average Bonchev–Trinajstić information content (AvgIpc) is 3.70. The quantitative estimate of drug-likeness (QED) is 0.0404. The topological polar surface area (TPSA) is 186 Å². The molecule has 1 aliphatic rings. The smallest absolute Gasteiger partial charge is 0.262 e. The number of carbonyl (C=O) groups excluding carboxylic acids is 1. The number of aryl methyl sites for hydroxylation is 1. The number of carbonyl (C=O) groups is 1. The van der Waals surface area contributed by atoms with Gasteiger partial charge in [0, 0.05) is 62.6 Å². The Labute approximate surface area is 375 Å². The molecular weight excluding hydrogens is 811 g/mol. The van der Waals surface area contributed by atoms with Crippen molar-refractivity contribution >= 4 is 34.0 Å². The number of imidazole rings is 1. The molecule has 64 heavy (non-hydrogen) atoms. The van der Waals surface area contributed by atoms with Gasteiger partial charge >= 0.3 is 0 Å². The molecule has 7 rings (SSSR count). The third-order valence-electron chi connectivity index (χ3n) is 11.3. The second-order valence-corrected chi connectivity index (χ2v) is 17.7. The van der Waals surface area contributed by atoms with Gasteiger partial charge in [-0.15, -0.1) is 0 Å². The molecule has 0 bridgehead atoms. The van der Waals surface area contributed by atoms with Crippen molar-refractivity contribution in [3.05, 3.63) is 132 Å². The average molecular weight is 874 g/mol. The fourth-order valence-corrected chi connectivity index (χ4v) is 7.42. The van der Waals surface area contributed by atoms with Crippen molar-refractivity contribution in [2.75, 3.05) is 56.4 Å². The summed E-state index contributed by atoms with van der Waals surface area (Å²) in [5.74, 6) is 0.847. The third kappa shape index (κ3) is 12.7. The third-order valence-corrected chi connectivity index (χ3v) is 11.3. The number of fused-ring (bicyclic) bond motifs is 2. The first-order valence-electron chi connectivity index (χ1n) is 21.5. The largest absolute Gasteiger partial charge is 0.506 e. The van der Waals surface area contributed by atoms with Gasteiger partial charge in [0.25, 0.3) is 5.91 Å². The predicted octanol–water partition coefficient (Wildman–Crippen LogP) is 7.29. The molecule has 1 aliphatic heterocycles. The molecule has 2 unspecified atom stereocenters. The van der Waals surface area contributed by atoms with E-state index in [4.69, 9.17) is 9.47 Å². The van der Waals surface area contributed by atoms with Crippen molar-refractivity contribution in [3.63, 3.8) is 0 Å². The number of β-amino-alcohol motifs (C(OH)–C–C–N with tert-alkyl or cyclic N) is 2. The van der Waals surface area contributed by atoms with Gasteiger partial charge in [-0.2, -0.15) is 0 Å². The molecule has 2 atom stereocenters. The van der Waals surface area contributed by atoms with Crippen LogP contribution in [0.5, 0.6) is 23.0 Å². The van der Waals surface area contributed by atoms with E-state index in [1.54, 1.807) is 31.4 Å². The van der Waals surface area contributed by atoms with Crippen molar-refractivity contribution in [3.8, 4) is 23.0 Å². The lowest BCUT2D eigenvalue weighted by Crippen LogP contribution is -2.43. The lowest BCUT2D eigenvalue weighted by Gasteiger charge is -2.29. The second-order valence-electron chi connectivity index (χ2n) is 17.7. The van der Waals surface area contributed by atoms with Crippen molar-refractivity contribution in [1.82, 2.24) is 20.2 Å². The van der Waals surface area contributed by atoms with Crippen LogP contribution in [0.2, 0.25) is 0 Å². The number of hydrogen-bond acceptors (Lipinski definition) is 12. The molecular formula is C50H63N7O7. The molecule has 5 aromatic carbocycles. The molecule has 6 aromatic rings. The van der Waals surface area contributed by atoms with Crippen molar-refractivity contribution < 1.29 is 34.7 Å². The van der Waals surface area contributed by atoms with Crippen molar-refractivity contribution in [1.29, 1.82) is 0 Å². The standard InChI is InChI=1S/C28H34N4O3.C22H29N3O4/c1-28(2,14-15-32-19-30-23-6-4-5-7-25(23)32)31-18-27(34)21-10-13-26(33)24(16-21)29-17-20-8-11-22(35-3)12-9-20;1-22(2,11-14-5-7-15(8-6-14)25(3)4)23-12-18(27)16-9-10-17(26)20-21(16)29-13-19(28)24-20/h4-13,16,19,27,29,31,33-34H,14-15,17-18H2,1-3H3;5-10,18,23,26-27H,11-13H2,1-4H3,(H,24,28). The molecule has 0 saturated heterocycles. The Hall–Kier alpha value is -6.32. The minimum Gasteiger partial charge on any atom is -0.506 e. The van der Waals surface area contributed by atoms with Crippen LogP contribution in [-0.4, -0.2) is 87.9 Å². The summed E-state index contributed by atoms with van der Waals surface area (Å²) in [6.07, 6.45) is 2.00. The number of phenols is 2. The van der Waals surface area contributed by atoms with Crippen LogP contribution in [-0.2, 0) is 24.3 Å². The number of ether oxygens (including phenoxy) is 2. The molecule has 340 valence electrons. The Bertz CT molecular complexity index is 2470. The predicted molar refractivity (Wildman–Crippen MR) is 254 cm³/mol. The lowest BCUT2D eigenvalue weighted by molar-refractivity contribution is -0.118. The number of hydrogen-bond donors (Lipinski definition) is 8. The summed E-state index contributed by atoms with van der Waals surface area (Å²) in [5.41, 5.74) is 7.17. The monoisotopic (exact) mass is 873 g/mol. The van der Waals surface area contributed by atoms with Crippen LogP contribution in [0.4, 0.5) is 17.1 Å². The Morgan fingerprint density at radius 2 is 1.52 bits per heavy atom. The summed E-state index contributed by atoms with van der Waals surface area (Å²) >= 11 is 0. The molecule has 8 N–H and O–H groups in total. The molecule has 1 amide bonds. The summed E-state index contributed by atoms with van der Waals surface area (Å²) in [7, 11) is 5.66. The molecule has 14 nitrogen and oxygen atoms in total. The van der Waals surface area contributed by atoms with E-state index in [-0.39, 0.29) is 40.8 Å². The number of aliphatic hydroxyl groups excluding tert-OH is 2. The van der Waals surface area contributed by atoms with Crippen LogP contribution < -0.4 is 35.6 Å². The number of amides is 1. The van der Waals surface area contributed by atoms with Gasteiger partial charge in [-0.1, -0.05) is 42.5 Å². The summed E-state index contributed by atoms with van der Waals surface area (Å²) in [6, 6.07) is 32.5. The molecule has 0 spiro atoms. The van der Waals surface area contributed by atoms with Gasteiger partial charge in [0.2, 0.25) is 0 Å². The van der Waals surface area contributed by atoms with Crippen LogP contribution in [0, 0.1) is 0 Å². The zero-order chi connectivity index (χ0) is 46.0. The Morgan fingerprint density at radius 3 is 2.23 bits per heavy atom. The maximum absolute atomic E-state index is 11.5. The normalized spacial score (nSPS) is 13.5. The first-order chi connectivity index (χ1) is 30.5. The number of rotatable bonds is 18. The number of aromatic nitrogens is 2. The molecule has 0 radical (unpaired) electrons. The van der Waals surface area contributed by atoms with Gasteiger partial charge in [0.1, 0.15) is 22.9 Å². The molecule has 0 fully saturated rings. The van der Waals surface area contributed by atoms with Gasteiger partial charge in [-0.3, -0.25) is 4.79 Å². The number of nitrogens with zero attached hydrogens (tertiary/aromatic N) is 3. The van der Waals surface area contributed by atoms with Gasteiger partial charge in [-0.25, -0.2) is 4.98 Å². The number of para-hydroxylation sites is 2. The van der Waals surface area contributed by atoms with Crippen molar-refractivity contribution in [2.45, 2.75) is 76.9 Å². The van der Waals surface area contributed by atoms with Crippen LogP contribution in [0.25, 0.3) is 11.0 Å². The van der Waals surface area contributed by atoms with Crippen LogP contribution >= 0.6 is 0 Å². The molecule has 0 aliphatic carbocycles. The van der Waals surface area contributed by atoms with Crippen LogP contribution in [0.3, 0.4) is 0 Å². The van der Waals surface area contributed by atoms with E-state index in [1.165, 1.54) is 11.6 Å². The first kappa shape index (κ1) is 47.2. The van der Waals surface area contributed by atoms with E-state index >= 15 is 0 Å². The lowest BCUT2D eigenvalue weighted by atomic mass is 9.94. The fraction of sp³-hybridized carbons (Fsp3) is 0.360. The van der Waals surface area contributed by atoms with E-state index < -0.39 is 12.2 Å². The number of methoxy groups -OCH3 is 1. The summed E-state index contributed by atoms with van der Waals surface area (Å²) in [6.45, 7) is 10.4. The maximum atomic E-state index is 11.5. The first-order valence-corrected chi connectivity index (χ1v) is 21.5. The summed E-state index contributed by atoms with van der Waals surface area (Å²) in [5, 5.41) is 54.5.